The molecule has 0 N–H and O–H groups in total. The summed E-state index contributed by atoms with van der Waals surface area (Å²) < 4.78 is 10.8. The number of ether oxygens (including phenoxy) is 2. The molecule has 0 radical (unpaired) electrons. The number of methoxy groups -OCH3 is 1. The Morgan fingerprint density at radius 3 is 2.75 bits per heavy atom. The summed E-state index contributed by atoms with van der Waals surface area (Å²) in [4.78, 5) is 21.9. The van der Waals surface area contributed by atoms with E-state index in [1.807, 2.05) is 0 Å². The first-order chi connectivity index (χ1) is 7.54. The Labute approximate surface area is 93.1 Å². The Morgan fingerprint density at radius 2 is 2.19 bits per heavy atom. The van der Waals surface area contributed by atoms with Gasteiger partial charge in [0.1, 0.15) is 12.3 Å². The van der Waals surface area contributed by atoms with E-state index in [-0.39, 0.29) is 12.6 Å². The molecule has 0 unspecified atom stereocenters. The van der Waals surface area contributed by atoms with Crippen molar-refractivity contribution in [1.29, 1.82) is 0 Å². The highest BCUT2D eigenvalue weighted by molar-refractivity contribution is 5.87. The third-order valence-corrected chi connectivity index (χ3v) is 1.91. The summed E-state index contributed by atoms with van der Waals surface area (Å²) in [6.45, 7) is 3.61. The molecule has 0 spiro atoms. The van der Waals surface area contributed by atoms with Crippen molar-refractivity contribution in [3.63, 3.8) is 0 Å². The van der Waals surface area contributed by atoms with Gasteiger partial charge in [-0.25, -0.2) is 4.79 Å². The summed E-state index contributed by atoms with van der Waals surface area (Å²) in [5.74, 6) is -0.813. The molecule has 0 aliphatic rings. The van der Waals surface area contributed by atoms with Crippen LogP contribution in [0, 0.1) is 6.92 Å². The van der Waals surface area contributed by atoms with Crippen LogP contribution >= 0.6 is 0 Å². The maximum absolute atomic E-state index is 11.4. The number of aromatic nitrogens is 2. The molecule has 6 heteroatoms. The molecule has 0 amide bonds. The van der Waals surface area contributed by atoms with Gasteiger partial charge in [-0.15, -0.1) is 0 Å². The van der Waals surface area contributed by atoms with Gasteiger partial charge in [-0.1, -0.05) is 0 Å². The van der Waals surface area contributed by atoms with Crippen LogP contribution in [0.2, 0.25) is 0 Å². The first-order valence-electron chi connectivity index (χ1n) is 4.80. The molecular formula is C10H14N2O4. The van der Waals surface area contributed by atoms with E-state index in [2.05, 4.69) is 9.84 Å². The summed E-state index contributed by atoms with van der Waals surface area (Å²) >= 11 is 0. The monoisotopic (exact) mass is 226 g/mol. The Bertz CT molecular complexity index is 398. The smallest absolute Gasteiger partial charge is 0.356 e. The zero-order valence-corrected chi connectivity index (χ0v) is 9.52. The van der Waals surface area contributed by atoms with Gasteiger partial charge in [0.15, 0.2) is 0 Å². The highest BCUT2D eigenvalue weighted by Crippen LogP contribution is 2.05. The van der Waals surface area contributed by atoms with E-state index in [9.17, 15) is 9.59 Å². The molecule has 1 heterocycles. The Kier molecular flexibility index (Phi) is 4.04. The summed E-state index contributed by atoms with van der Waals surface area (Å²) in [6, 6.07) is 1.62. The van der Waals surface area contributed by atoms with Crippen molar-refractivity contribution in [3.8, 4) is 0 Å². The minimum absolute atomic E-state index is 0.181. The molecule has 0 aliphatic carbocycles. The van der Waals surface area contributed by atoms with E-state index in [0.29, 0.717) is 17.9 Å². The van der Waals surface area contributed by atoms with Gasteiger partial charge in [-0.05, 0) is 13.0 Å². The van der Waals surface area contributed by atoms with Gasteiger partial charge in [-0.2, -0.15) is 5.10 Å². The second-order valence-electron chi connectivity index (χ2n) is 3.23. The minimum Gasteiger partial charge on any atom is -0.464 e. The van der Waals surface area contributed by atoms with Gasteiger partial charge in [0.2, 0.25) is 0 Å². The first kappa shape index (κ1) is 12.2. The third kappa shape index (κ3) is 3.08. The fourth-order valence-corrected chi connectivity index (χ4v) is 1.26. The van der Waals surface area contributed by atoms with E-state index >= 15 is 0 Å². The van der Waals surface area contributed by atoms with Crippen LogP contribution in [0.3, 0.4) is 0 Å². The van der Waals surface area contributed by atoms with Crippen molar-refractivity contribution < 1.29 is 19.1 Å². The van der Waals surface area contributed by atoms with Crippen molar-refractivity contribution in [2.45, 2.75) is 20.4 Å². The maximum atomic E-state index is 11.4. The van der Waals surface area contributed by atoms with E-state index in [0.717, 1.165) is 0 Å². The average Bonchev–Trinajstić information content (AvgIpc) is 2.58. The number of carbonyl (C=O) groups is 2. The fourth-order valence-electron chi connectivity index (χ4n) is 1.26. The quantitative estimate of drug-likeness (QED) is 0.701. The van der Waals surface area contributed by atoms with E-state index in [4.69, 9.17) is 4.74 Å². The molecule has 0 saturated carbocycles. The molecule has 0 aliphatic heterocycles. The summed E-state index contributed by atoms with van der Waals surface area (Å²) in [6.07, 6.45) is 0. The second-order valence-corrected chi connectivity index (χ2v) is 3.23. The van der Waals surface area contributed by atoms with Crippen molar-refractivity contribution in [2.75, 3.05) is 13.7 Å². The number of hydrogen-bond acceptors (Lipinski definition) is 5. The zero-order valence-electron chi connectivity index (χ0n) is 9.52. The predicted octanol–water partition coefficient (Wildman–Crippen LogP) is 0.541. The van der Waals surface area contributed by atoms with Crippen LogP contribution in [0.25, 0.3) is 0 Å². The lowest BCUT2D eigenvalue weighted by molar-refractivity contribution is -0.141. The molecule has 1 aromatic heterocycles. The number of aryl methyl sites for hydroxylation is 1. The van der Waals surface area contributed by atoms with Gasteiger partial charge < -0.3 is 9.47 Å². The molecule has 0 saturated heterocycles. The largest absolute Gasteiger partial charge is 0.464 e. The van der Waals surface area contributed by atoms with E-state index < -0.39 is 5.97 Å². The number of carbonyl (C=O) groups excluding carboxylic acids is 2. The van der Waals surface area contributed by atoms with Gasteiger partial charge in [0.25, 0.3) is 0 Å². The van der Waals surface area contributed by atoms with Crippen LogP contribution in [0.5, 0.6) is 0 Å². The number of esters is 2. The van der Waals surface area contributed by atoms with Crippen molar-refractivity contribution in [2.24, 2.45) is 0 Å². The SMILES string of the molecule is COC(=O)c1cc(C)nn1CCOC(C)=O. The molecule has 1 aromatic rings. The van der Waals surface area contributed by atoms with Crippen LogP contribution < -0.4 is 0 Å². The Morgan fingerprint density at radius 1 is 1.50 bits per heavy atom. The van der Waals surface area contributed by atoms with Gasteiger partial charge in [0, 0.05) is 6.92 Å². The molecule has 88 valence electrons. The van der Waals surface area contributed by atoms with Crippen LogP contribution in [0.15, 0.2) is 6.07 Å². The lowest BCUT2D eigenvalue weighted by Gasteiger charge is -2.05. The molecule has 16 heavy (non-hydrogen) atoms. The molecular weight excluding hydrogens is 212 g/mol. The fraction of sp³-hybridized carbons (Fsp3) is 0.500. The Balaban J connectivity index is 2.71. The predicted molar refractivity (Wildman–Crippen MR) is 54.9 cm³/mol. The number of nitrogens with zero attached hydrogens (tertiary/aromatic N) is 2. The highest BCUT2D eigenvalue weighted by atomic mass is 16.5. The average molecular weight is 226 g/mol. The van der Waals surface area contributed by atoms with E-state index in [1.54, 1.807) is 13.0 Å². The molecule has 6 nitrogen and oxygen atoms in total. The van der Waals surface area contributed by atoms with Crippen molar-refractivity contribution in [1.82, 2.24) is 9.78 Å². The third-order valence-electron chi connectivity index (χ3n) is 1.91. The van der Waals surface area contributed by atoms with Crippen LogP contribution in [0.4, 0.5) is 0 Å². The highest BCUT2D eigenvalue weighted by Gasteiger charge is 2.14. The molecule has 0 bridgehead atoms. The second kappa shape index (κ2) is 5.29. The first-order valence-corrected chi connectivity index (χ1v) is 4.80. The van der Waals surface area contributed by atoms with Gasteiger partial charge in [-0.3, -0.25) is 9.48 Å². The van der Waals surface area contributed by atoms with Crippen molar-refractivity contribution in [3.05, 3.63) is 17.5 Å². The van der Waals surface area contributed by atoms with Crippen molar-refractivity contribution >= 4 is 11.9 Å². The number of rotatable bonds is 4. The van der Waals surface area contributed by atoms with Crippen LogP contribution in [0.1, 0.15) is 23.1 Å². The summed E-state index contributed by atoms with van der Waals surface area (Å²) in [7, 11) is 1.31. The zero-order chi connectivity index (χ0) is 12.1. The molecule has 0 aromatic carbocycles. The normalized spacial score (nSPS) is 9.94. The molecule has 1 rings (SSSR count). The lowest BCUT2D eigenvalue weighted by atomic mass is 10.4. The maximum Gasteiger partial charge on any atom is 0.356 e. The van der Waals surface area contributed by atoms with Crippen LogP contribution in [-0.4, -0.2) is 35.4 Å². The van der Waals surface area contributed by atoms with Crippen LogP contribution in [-0.2, 0) is 20.8 Å². The van der Waals surface area contributed by atoms with E-state index in [1.165, 1.54) is 18.7 Å². The Hall–Kier alpha value is -1.85. The van der Waals surface area contributed by atoms with Gasteiger partial charge >= 0.3 is 11.9 Å². The summed E-state index contributed by atoms with van der Waals surface area (Å²) in [5.41, 5.74) is 1.07. The summed E-state index contributed by atoms with van der Waals surface area (Å²) in [5, 5.41) is 4.10. The van der Waals surface area contributed by atoms with Gasteiger partial charge in [0.05, 0.1) is 19.3 Å². The topological polar surface area (TPSA) is 70.4 Å². The minimum atomic E-state index is -0.455. The lowest BCUT2D eigenvalue weighted by Crippen LogP contribution is -2.16. The molecule has 0 atom stereocenters. The number of hydrogen-bond donors (Lipinski definition) is 0. The molecule has 0 fully saturated rings. The standard InChI is InChI=1S/C10H14N2O4/c1-7-6-9(10(14)15-3)12(11-7)4-5-16-8(2)13/h6H,4-5H2,1-3H3.